The molecule has 4 nitrogen and oxygen atoms in total. The second kappa shape index (κ2) is 8.60. The molecule has 0 aliphatic heterocycles. The standard InChI is InChI=1S/C18H21NO3S/c1-13-3-7-17(8-4-13)22-11-16(21)12-23-18-9-5-15(6-10-18)19-14(2)20/h3-10,16,21H,11-12H2,1-2H3,(H,19,20)/t16-/m0/s1. The molecule has 122 valence electrons. The van der Waals surface area contributed by atoms with E-state index in [0.29, 0.717) is 5.75 Å². The van der Waals surface area contributed by atoms with Gasteiger partial charge in [0, 0.05) is 23.3 Å². The highest BCUT2D eigenvalue weighted by atomic mass is 32.2. The van der Waals surface area contributed by atoms with Gasteiger partial charge in [-0.25, -0.2) is 0 Å². The van der Waals surface area contributed by atoms with Gasteiger partial charge in [0.05, 0.1) is 6.10 Å². The molecule has 0 unspecified atom stereocenters. The van der Waals surface area contributed by atoms with Crippen molar-refractivity contribution in [1.82, 2.24) is 0 Å². The minimum atomic E-state index is -0.545. The lowest BCUT2D eigenvalue weighted by Crippen LogP contribution is -2.20. The number of aliphatic hydroxyl groups excluding tert-OH is 1. The molecule has 1 atom stereocenters. The molecule has 2 N–H and O–H groups in total. The molecule has 0 radical (unpaired) electrons. The van der Waals surface area contributed by atoms with Crippen molar-refractivity contribution >= 4 is 23.4 Å². The third-order valence-electron chi connectivity index (χ3n) is 3.08. The molecule has 0 saturated heterocycles. The molecule has 2 rings (SSSR count). The largest absolute Gasteiger partial charge is 0.491 e. The number of carbonyl (C=O) groups is 1. The number of carbonyl (C=O) groups excluding carboxylic acids is 1. The highest BCUT2D eigenvalue weighted by Gasteiger charge is 2.07. The Morgan fingerprint density at radius 3 is 2.43 bits per heavy atom. The van der Waals surface area contributed by atoms with Gasteiger partial charge in [-0.1, -0.05) is 17.7 Å². The van der Waals surface area contributed by atoms with E-state index in [1.165, 1.54) is 12.5 Å². The SMILES string of the molecule is CC(=O)Nc1ccc(SC[C@@H](O)COc2ccc(C)cc2)cc1. The van der Waals surface area contributed by atoms with Crippen LogP contribution in [0.3, 0.4) is 0 Å². The van der Waals surface area contributed by atoms with E-state index < -0.39 is 6.10 Å². The number of hydrogen-bond acceptors (Lipinski definition) is 4. The van der Waals surface area contributed by atoms with E-state index in [1.54, 1.807) is 11.8 Å². The first-order valence-corrected chi connectivity index (χ1v) is 8.39. The molecule has 0 bridgehead atoms. The Morgan fingerprint density at radius 1 is 1.17 bits per heavy atom. The van der Waals surface area contributed by atoms with Gasteiger partial charge in [-0.15, -0.1) is 11.8 Å². The summed E-state index contributed by atoms with van der Waals surface area (Å²) < 4.78 is 5.56. The number of thioether (sulfide) groups is 1. The third kappa shape index (κ3) is 6.34. The van der Waals surface area contributed by atoms with Crippen molar-refractivity contribution in [3.8, 4) is 5.75 Å². The molecule has 1 amide bonds. The fourth-order valence-corrected chi connectivity index (χ4v) is 2.71. The zero-order chi connectivity index (χ0) is 16.7. The molecule has 0 aliphatic carbocycles. The van der Waals surface area contributed by atoms with E-state index in [-0.39, 0.29) is 12.5 Å². The summed E-state index contributed by atoms with van der Waals surface area (Å²) in [5.41, 5.74) is 1.95. The maximum absolute atomic E-state index is 11.0. The van der Waals surface area contributed by atoms with E-state index in [9.17, 15) is 9.90 Å². The summed E-state index contributed by atoms with van der Waals surface area (Å²) in [7, 11) is 0. The van der Waals surface area contributed by atoms with Crippen LogP contribution in [-0.4, -0.2) is 29.5 Å². The number of ether oxygens (including phenoxy) is 1. The van der Waals surface area contributed by atoms with Crippen molar-refractivity contribution in [2.24, 2.45) is 0 Å². The van der Waals surface area contributed by atoms with Crippen LogP contribution in [0.5, 0.6) is 5.75 Å². The van der Waals surface area contributed by atoms with Crippen LogP contribution in [0.4, 0.5) is 5.69 Å². The lowest BCUT2D eigenvalue weighted by atomic mass is 10.2. The van der Waals surface area contributed by atoms with Crippen LogP contribution in [0.1, 0.15) is 12.5 Å². The number of anilines is 1. The molecule has 0 aromatic heterocycles. The second-order valence-corrected chi connectivity index (χ2v) is 6.39. The maximum Gasteiger partial charge on any atom is 0.221 e. The van der Waals surface area contributed by atoms with Crippen molar-refractivity contribution in [2.45, 2.75) is 24.8 Å². The molecule has 0 saturated carbocycles. The first kappa shape index (κ1) is 17.4. The van der Waals surface area contributed by atoms with Crippen LogP contribution in [0.2, 0.25) is 0 Å². The van der Waals surface area contributed by atoms with Crippen LogP contribution in [0, 0.1) is 6.92 Å². The molecule has 2 aromatic rings. The number of aryl methyl sites for hydroxylation is 1. The Balaban J connectivity index is 1.74. The Morgan fingerprint density at radius 2 is 1.83 bits per heavy atom. The Kier molecular flexibility index (Phi) is 6.50. The van der Waals surface area contributed by atoms with E-state index in [2.05, 4.69) is 5.32 Å². The van der Waals surface area contributed by atoms with Gasteiger partial charge in [0.1, 0.15) is 12.4 Å². The number of amides is 1. The predicted octanol–water partition coefficient (Wildman–Crippen LogP) is 3.49. The molecular weight excluding hydrogens is 310 g/mol. The van der Waals surface area contributed by atoms with Gasteiger partial charge in [-0.2, -0.15) is 0 Å². The quantitative estimate of drug-likeness (QED) is 0.763. The van der Waals surface area contributed by atoms with Gasteiger partial charge >= 0.3 is 0 Å². The van der Waals surface area contributed by atoms with Crippen molar-refractivity contribution in [3.63, 3.8) is 0 Å². The van der Waals surface area contributed by atoms with Gasteiger partial charge in [0.25, 0.3) is 0 Å². The number of rotatable bonds is 7. The summed E-state index contributed by atoms with van der Waals surface area (Å²) in [5.74, 6) is 1.22. The highest BCUT2D eigenvalue weighted by molar-refractivity contribution is 7.99. The summed E-state index contributed by atoms with van der Waals surface area (Å²) >= 11 is 1.55. The molecular formula is C18H21NO3S. The van der Waals surface area contributed by atoms with E-state index >= 15 is 0 Å². The van der Waals surface area contributed by atoms with Crippen molar-refractivity contribution in [1.29, 1.82) is 0 Å². The average Bonchev–Trinajstić information content (AvgIpc) is 2.53. The highest BCUT2D eigenvalue weighted by Crippen LogP contribution is 2.21. The van der Waals surface area contributed by atoms with Gasteiger partial charge in [0.2, 0.25) is 5.91 Å². The van der Waals surface area contributed by atoms with Crippen molar-refractivity contribution in [3.05, 3.63) is 54.1 Å². The topological polar surface area (TPSA) is 58.6 Å². The summed E-state index contributed by atoms with van der Waals surface area (Å²) in [5, 5.41) is 12.7. The number of hydrogen-bond donors (Lipinski definition) is 2. The van der Waals surface area contributed by atoms with Gasteiger partial charge in [-0.05, 0) is 43.3 Å². The first-order valence-electron chi connectivity index (χ1n) is 7.41. The van der Waals surface area contributed by atoms with Gasteiger partial charge < -0.3 is 15.2 Å². The van der Waals surface area contributed by atoms with E-state index in [1.807, 2.05) is 55.5 Å². The molecule has 0 fully saturated rings. The molecule has 0 spiro atoms. The van der Waals surface area contributed by atoms with Crippen LogP contribution < -0.4 is 10.1 Å². The van der Waals surface area contributed by atoms with Crippen molar-refractivity contribution in [2.75, 3.05) is 17.7 Å². The van der Waals surface area contributed by atoms with E-state index in [4.69, 9.17) is 4.74 Å². The third-order valence-corrected chi connectivity index (χ3v) is 4.24. The first-order chi connectivity index (χ1) is 11.0. The number of nitrogens with one attached hydrogen (secondary N) is 1. The van der Waals surface area contributed by atoms with Gasteiger partial charge in [0.15, 0.2) is 0 Å². The zero-order valence-corrected chi connectivity index (χ0v) is 14.1. The van der Waals surface area contributed by atoms with Crippen LogP contribution >= 0.6 is 11.8 Å². The molecule has 5 heteroatoms. The summed E-state index contributed by atoms with van der Waals surface area (Å²) in [6.45, 7) is 3.76. The molecule has 2 aromatic carbocycles. The average molecular weight is 331 g/mol. The minimum Gasteiger partial charge on any atom is -0.491 e. The summed E-state index contributed by atoms with van der Waals surface area (Å²) in [4.78, 5) is 12.0. The maximum atomic E-state index is 11.0. The number of aliphatic hydroxyl groups is 1. The van der Waals surface area contributed by atoms with Crippen LogP contribution in [-0.2, 0) is 4.79 Å². The fraction of sp³-hybridized carbons (Fsp3) is 0.278. The molecule has 23 heavy (non-hydrogen) atoms. The Labute approximate surface area is 140 Å². The fourth-order valence-electron chi connectivity index (χ4n) is 1.91. The predicted molar refractivity (Wildman–Crippen MR) is 94.2 cm³/mol. The Bertz CT molecular complexity index is 626. The second-order valence-electron chi connectivity index (χ2n) is 5.29. The monoisotopic (exact) mass is 331 g/mol. The van der Waals surface area contributed by atoms with Crippen LogP contribution in [0.25, 0.3) is 0 Å². The molecule has 0 heterocycles. The minimum absolute atomic E-state index is 0.0888. The normalized spacial score (nSPS) is 11.8. The summed E-state index contributed by atoms with van der Waals surface area (Å²) in [6.07, 6.45) is -0.545. The Hall–Kier alpha value is -1.98. The van der Waals surface area contributed by atoms with Gasteiger partial charge in [-0.3, -0.25) is 4.79 Å². The number of benzene rings is 2. The van der Waals surface area contributed by atoms with Crippen LogP contribution in [0.15, 0.2) is 53.4 Å². The lowest BCUT2D eigenvalue weighted by molar-refractivity contribution is -0.114. The zero-order valence-electron chi connectivity index (χ0n) is 13.3. The molecule has 0 aliphatic rings. The van der Waals surface area contributed by atoms with Crippen molar-refractivity contribution < 1.29 is 14.6 Å². The lowest BCUT2D eigenvalue weighted by Gasteiger charge is -2.12. The van der Waals surface area contributed by atoms with E-state index in [0.717, 1.165) is 16.3 Å². The summed E-state index contributed by atoms with van der Waals surface area (Å²) in [6, 6.07) is 15.3. The smallest absolute Gasteiger partial charge is 0.221 e.